The van der Waals surface area contributed by atoms with Gasteiger partial charge in [0.1, 0.15) is 0 Å². The second-order valence-electron chi connectivity index (χ2n) is 5.62. The molecule has 2 aliphatic carbocycles. The lowest BCUT2D eigenvalue weighted by Gasteiger charge is -2.37. The van der Waals surface area contributed by atoms with Gasteiger partial charge in [-0.15, -0.1) is 0 Å². The van der Waals surface area contributed by atoms with Crippen LogP contribution in [0.15, 0.2) is 22.7 Å². The quantitative estimate of drug-likeness (QED) is 0.649. The van der Waals surface area contributed by atoms with Gasteiger partial charge in [0.15, 0.2) is 0 Å². The number of rotatable bonds is 0. The highest BCUT2D eigenvalue weighted by molar-refractivity contribution is 9.10. The van der Waals surface area contributed by atoms with Crippen molar-refractivity contribution in [2.24, 2.45) is 5.41 Å². The summed E-state index contributed by atoms with van der Waals surface area (Å²) in [5.74, 6) is -2.42. The maximum atomic E-state index is 13.2. The standard InChI is InChI=1S/C14H15BrF2/c15-12-2-1-10-8-13(9-11(10)7-12)3-5-14(16,17)6-4-13/h1-2,7H,3-6,8-9H2. The van der Waals surface area contributed by atoms with Crippen LogP contribution in [0.2, 0.25) is 0 Å². The molecule has 3 rings (SSSR count). The van der Waals surface area contributed by atoms with E-state index in [0.29, 0.717) is 12.8 Å². The van der Waals surface area contributed by atoms with Crippen LogP contribution in [0.5, 0.6) is 0 Å². The molecule has 0 aromatic heterocycles. The minimum Gasteiger partial charge on any atom is -0.207 e. The van der Waals surface area contributed by atoms with E-state index in [1.165, 1.54) is 11.1 Å². The van der Waals surface area contributed by atoms with Gasteiger partial charge in [-0.1, -0.05) is 22.0 Å². The first-order valence-corrected chi connectivity index (χ1v) is 6.93. The number of hydrogen-bond acceptors (Lipinski definition) is 0. The smallest absolute Gasteiger partial charge is 0.207 e. The Balaban J connectivity index is 1.82. The molecule has 0 radical (unpaired) electrons. The summed E-state index contributed by atoms with van der Waals surface area (Å²) in [4.78, 5) is 0. The van der Waals surface area contributed by atoms with Crippen LogP contribution in [0, 0.1) is 5.41 Å². The Bertz CT molecular complexity index is 444. The number of benzene rings is 1. The van der Waals surface area contributed by atoms with Crippen LogP contribution in [0.3, 0.4) is 0 Å². The third kappa shape index (κ3) is 2.14. The van der Waals surface area contributed by atoms with Crippen molar-refractivity contribution in [3.63, 3.8) is 0 Å². The van der Waals surface area contributed by atoms with Gasteiger partial charge in [-0.05, 0) is 54.4 Å². The van der Waals surface area contributed by atoms with E-state index in [1.54, 1.807) is 0 Å². The highest BCUT2D eigenvalue weighted by Gasteiger charge is 2.45. The molecule has 1 fully saturated rings. The fraction of sp³-hybridized carbons (Fsp3) is 0.571. The van der Waals surface area contributed by atoms with E-state index in [2.05, 4.69) is 34.1 Å². The van der Waals surface area contributed by atoms with E-state index in [-0.39, 0.29) is 18.3 Å². The lowest BCUT2D eigenvalue weighted by Crippen LogP contribution is -2.33. The van der Waals surface area contributed by atoms with Crippen molar-refractivity contribution in [3.8, 4) is 0 Å². The van der Waals surface area contributed by atoms with Gasteiger partial charge in [-0.25, -0.2) is 8.78 Å². The second-order valence-corrected chi connectivity index (χ2v) is 6.54. The lowest BCUT2D eigenvalue weighted by atomic mass is 9.71. The molecule has 0 aliphatic heterocycles. The topological polar surface area (TPSA) is 0 Å². The molecule has 92 valence electrons. The molecule has 0 bridgehead atoms. The highest BCUT2D eigenvalue weighted by atomic mass is 79.9. The van der Waals surface area contributed by atoms with Gasteiger partial charge < -0.3 is 0 Å². The highest BCUT2D eigenvalue weighted by Crippen LogP contribution is 2.51. The molecule has 1 saturated carbocycles. The predicted molar refractivity (Wildman–Crippen MR) is 67.4 cm³/mol. The van der Waals surface area contributed by atoms with E-state index < -0.39 is 5.92 Å². The van der Waals surface area contributed by atoms with Crippen molar-refractivity contribution in [2.45, 2.75) is 44.4 Å². The maximum Gasteiger partial charge on any atom is 0.248 e. The van der Waals surface area contributed by atoms with E-state index in [9.17, 15) is 8.78 Å². The van der Waals surface area contributed by atoms with Crippen molar-refractivity contribution in [3.05, 3.63) is 33.8 Å². The largest absolute Gasteiger partial charge is 0.248 e. The Labute approximate surface area is 109 Å². The maximum absolute atomic E-state index is 13.2. The van der Waals surface area contributed by atoms with Crippen LogP contribution >= 0.6 is 15.9 Å². The summed E-state index contributed by atoms with van der Waals surface area (Å²) in [5, 5.41) is 0. The van der Waals surface area contributed by atoms with Crippen LogP contribution in [-0.4, -0.2) is 5.92 Å². The van der Waals surface area contributed by atoms with E-state index in [1.807, 2.05) is 0 Å². The molecule has 0 amide bonds. The Morgan fingerprint density at radius 1 is 0.941 bits per heavy atom. The van der Waals surface area contributed by atoms with Gasteiger partial charge in [-0.3, -0.25) is 0 Å². The summed E-state index contributed by atoms with van der Waals surface area (Å²) in [6.45, 7) is 0. The van der Waals surface area contributed by atoms with E-state index in [4.69, 9.17) is 0 Å². The predicted octanol–water partition coefficient (Wildman–Crippen LogP) is 4.74. The molecule has 17 heavy (non-hydrogen) atoms. The number of halogens is 3. The number of alkyl halides is 2. The fourth-order valence-corrected chi connectivity index (χ4v) is 3.71. The summed E-state index contributed by atoms with van der Waals surface area (Å²) in [7, 11) is 0. The molecular formula is C14H15BrF2. The van der Waals surface area contributed by atoms with Crippen LogP contribution in [0.1, 0.15) is 36.8 Å². The van der Waals surface area contributed by atoms with Crippen molar-refractivity contribution >= 4 is 15.9 Å². The molecule has 0 atom stereocenters. The molecule has 1 aromatic carbocycles. The molecule has 2 aliphatic rings. The molecule has 0 heterocycles. The van der Waals surface area contributed by atoms with Gasteiger partial charge in [-0.2, -0.15) is 0 Å². The summed E-state index contributed by atoms with van der Waals surface area (Å²) < 4.78 is 27.5. The zero-order valence-electron chi connectivity index (χ0n) is 9.61. The van der Waals surface area contributed by atoms with Crippen LogP contribution in [0.4, 0.5) is 8.78 Å². The van der Waals surface area contributed by atoms with Gasteiger partial charge in [0.05, 0.1) is 0 Å². The van der Waals surface area contributed by atoms with Crippen molar-refractivity contribution in [2.75, 3.05) is 0 Å². The van der Waals surface area contributed by atoms with Crippen molar-refractivity contribution < 1.29 is 8.78 Å². The summed E-state index contributed by atoms with van der Waals surface area (Å²) >= 11 is 3.48. The molecule has 1 spiro atoms. The first-order chi connectivity index (χ1) is 7.98. The third-order valence-electron chi connectivity index (χ3n) is 4.34. The Kier molecular flexibility index (Phi) is 2.58. The first-order valence-electron chi connectivity index (χ1n) is 6.13. The van der Waals surface area contributed by atoms with E-state index in [0.717, 1.165) is 17.3 Å². The monoisotopic (exact) mass is 300 g/mol. The van der Waals surface area contributed by atoms with Crippen molar-refractivity contribution in [1.82, 2.24) is 0 Å². The van der Waals surface area contributed by atoms with Crippen molar-refractivity contribution in [1.29, 1.82) is 0 Å². The van der Waals surface area contributed by atoms with Gasteiger partial charge >= 0.3 is 0 Å². The van der Waals surface area contributed by atoms with Gasteiger partial charge in [0, 0.05) is 17.3 Å². The average molecular weight is 301 g/mol. The molecule has 0 N–H and O–H groups in total. The Morgan fingerprint density at radius 2 is 1.59 bits per heavy atom. The zero-order chi connectivity index (χ0) is 12.1. The molecular weight excluding hydrogens is 286 g/mol. The first kappa shape index (κ1) is 11.6. The summed E-state index contributed by atoms with van der Waals surface area (Å²) in [6, 6.07) is 6.34. The minimum absolute atomic E-state index is 0.0716. The zero-order valence-corrected chi connectivity index (χ0v) is 11.2. The molecule has 0 saturated heterocycles. The van der Waals surface area contributed by atoms with Crippen LogP contribution < -0.4 is 0 Å². The van der Waals surface area contributed by atoms with E-state index >= 15 is 0 Å². The van der Waals surface area contributed by atoms with Gasteiger partial charge in [0.25, 0.3) is 0 Å². The van der Waals surface area contributed by atoms with Crippen LogP contribution in [-0.2, 0) is 12.8 Å². The molecule has 1 aromatic rings. The summed E-state index contributed by atoms with van der Waals surface area (Å²) in [5.41, 5.74) is 2.84. The lowest BCUT2D eigenvalue weighted by molar-refractivity contribution is -0.0651. The minimum atomic E-state index is -2.42. The average Bonchev–Trinajstić information content (AvgIpc) is 2.61. The van der Waals surface area contributed by atoms with Crippen LogP contribution in [0.25, 0.3) is 0 Å². The SMILES string of the molecule is FC1(F)CCC2(CC1)Cc1ccc(Br)cc1C2. The Morgan fingerprint density at radius 3 is 2.29 bits per heavy atom. The van der Waals surface area contributed by atoms with Gasteiger partial charge in [0.2, 0.25) is 5.92 Å². The molecule has 3 heteroatoms. The fourth-order valence-electron chi connectivity index (χ4n) is 3.30. The number of fused-ring (bicyclic) bond motifs is 1. The normalized spacial score (nSPS) is 24.9. The number of hydrogen-bond donors (Lipinski definition) is 0. The third-order valence-corrected chi connectivity index (χ3v) is 4.83. The molecule has 0 nitrogen and oxygen atoms in total. The molecule has 0 unspecified atom stereocenters. The Hall–Kier alpha value is -0.440. The summed E-state index contributed by atoms with van der Waals surface area (Å²) in [6.07, 6.45) is 3.46. The second kappa shape index (κ2) is 3.78.